The first kappa shape index (κ1) is 35.8. The number of nitrogens with zero attached hydrogens (tertiary/aromatic N) is 1. The number of amides is 5. The summed E-state index contributed by atoms with van der Waals surface area (Å²) in [6, 6.07) is -4.38. The van der Waals surface area contributed by atoms with Gasteiger partial charge in [0.15, 0.2) is 0 Å². The summed E-state index contributed by atoms with van der Waals surface area (Å²) in [6.07, 6.45) is -5.91. The second-order valence-electron chi connectivity index (χ2n) is 11.9. The first-order valence-corrected chi connectivity index (χ1v) is 14.5. The van der Waals surface area contributed by atoms with E-state index in [2.05, 4.69) is 26.6 Å². The van der Waals surface area contributed by atoms with Crippen molar-refractivity contribution in [3.63, 3.8) is 0 Å². The maximum absolute atomic E-state index is 13.4. The molecule has 0 saturated carbocycles. The third-order valence-electron chi connectivity index (χ3n) is 7.41. The average Bonchev–Trinajstić information content (AvgIpc) is 3.29. The molecule has 2 saturated heterocycles. The minimum atomic E-state index is -4.34. The van der Waals surface area contributed by atoms with Crippen LogP contribution in [0.5, 0.6) is 0 Å². The molecule has 0 aromatic rings. The lowest BCUT2D eigenvalue weighted by molar-refractivity contribution is -0.185. The van der Waals surface area contributed by atoms with Crippen LogP contribution in [0.1, 0.15) is 59.8 Å². The standard InChI is InChI=1S/C27H43F3N6O7/c1-14(2)11-19(23(39)33-18(12-16-5-8-31-22(16)38)21(37)25(41)32-15(3)4)34-24(40)20(35-26(42)43)13-36-9-6-17(7-10-36)27(28,29)30/h14-20,35H,5-13H2,1-4H3,(H,31,38)(H,32,41)(H,33,39)(H,34,40)(H,42,43)/t16-,18-,19-,20-/m0/s1. The lowest BCUT2D eigenvalue weighted by atomic mass is 9.94. The van der Waals surface area contributed by atoms with Gasteiger partial charge in [-0.15, -0.1) is 0 Å². The summed E-state index contributed by atoms with van der Waals surface area (Å²) in [6.45, 7) is 7.01. The topological polar surface area (TPSA) is 186 Å². The fourth-order valence-corrected chi connectivity index (χ4v) is 5.17. The Morgan fingerprint density at radius 2 is 1.49 bits per heavy atom. The van der Waals surface area contributed by atoms with Gasteiger partial charge in [0.25, 0.3) is 5.91 Å². The van der Waals surface area contributed by atoms with Gasteiger partial charge in [0.1, 0.15) is 12.1 Å². The van der Waals surface area contributed by atoms with Gasteiger partial charge in [-0.25, -0.2) is 4.79 Å². The molecule has 0 aliphatic carbocycles. The molecule has 0 unspecified atom stereocenters. The molecule has 13 nitrogen and oxygen atoms in total. The van der Waals surface area contributed by atoms with Gasteiger partial charge in [0.05, 0.1) is 12.0 Å². The van der Waals surface area contributed by atoms with Crippen molar-refractivity contribution in [1.29, 1.82) is 0 Å². The molecule has 2 aliphatic rings. The van der Waals surface area contributed by atoms with Crippen LogP contribution in [-0.4, -0.2) is 102 Å². The Morgan fingerprint density at radius 1 is 0.907 bits per heavy atom. The molecule has 2 aliphatic heterocycles. The predicted octanol–water partition coefficient (Wildman–Crippen LogP) is 0.533. The number of halogens is 3. The number of rotatable bonds is 14. The van der Waals surface area contributed by atoms with Crippen LogP contribution >= 0.6 is 0 Å². The first-order chi connectivity index (χ1) is 20.0. The quantitative estimate of drug-likeness (QED) is 0.152. The lowest BCUT2D eigenvalue weighted by Crippen LogP contribution is -2.59. The van der Waals surface area contributed by atoms with Crippen molar-refractivity contribution in [2.24, 2.45) is 17.8 Å². The third-order valence-corrected chi connectivity index (χ3v) is 7.41. The fourth-order valence-electron chi connectivity index (χ4n) is 5.17. The zero-order valence-electron chi connectivity index (χ0n) is 24.9. The molecule has 2 heterocycles. The molecule has 0 aromatic carbocycles. The van der Waals surface area contributed by atoms with E-state index in [1.165, 1.54) is 0 Å². The van der Waals surface area contributed by atoms with Gasteiger partial charge in [0, 0.05) is 25.0 Å². The van der Waals surface area contributed by atoms with Crippen LogP contribution in [0.2, 0.25) is 0 Å². The zero-order chi connectivity index (χ0) is 32.5. The highest BCUT2D eigenvalue weighted by molar-refractivity contribution is 6.38. The van der Waals surface area contributed by atoms with Crippen molar-refractivity contribution in [3.8, 4) is 0 Å². The molecule has 6 N–H and O–H groups in total. The van der Waals surface area contributed by atoms with Gasteiger partial charge < -0.3 is 36.6 Å². The number of carbonyl (C=O) groups is 6. The van der Waals surface area contributed by atoms with E-state index in [0.29, 0.717) is 13.0 Å². The van der Waals surface area contributed by atoms with Gasteiger partial charge in [-0.1, -0.05) is 13.8 Å². The van der Waals surface area contributed by atoms with E-state index in [0.717, 1.165) is 0 Å². The molecule has 16 heteroatoms. The highest BCUT2D eigenvalue weighted by Gasteiger charge is 2.42. The average molecular weight is 621 g/mol. The Bertz CT molecular complexity index is 1030. The predicted molar refractivity (Wildman–Crippen MR) is 148 cm³/mol. The second-order valence-corrected chi connectivity index (χ2v) is 11.9. The number of carboxylic acid groups (broad SMARTS) is 1. The Balaban J connectivity index is 2.18. The summed E-state index contributed by atoms with van der Waals surface area (Å²) in [5, 5.41) is 21.5. The molecule has 0 spiro atoms. The van der Waals surface area contributed by atoms with Crippen LogP contribution in [0.3, 0.4) is 0 Å². The SMILES string of the molecule is CC(C)C[C@H](NC(=O)[C@H](CN1CCC(C(F)(F)F)CC1)NC(=O)O)C(=O)N[C@@H](C[C@@H]1CCNC1=O)C(=O)C(=O)NC(C)C. The smallest absolute Gasteiger partial charge is 0.405 e. The summed E-state index contributed by atoms with van der Waals surface area (Å²) >= 11 is 0. The minimum absolute atomic E-state index is 0.00212. The van der Waals surface area contributed by atoms with Crippen molar-refractivity contribution in [3.05, 3.63) is 0 Å². The molecule has 5 amide bonds. The second kappa shape index (κ2) is 15.9. The molecule has 244 valence electrons. The molecular weight excluding hydrogens is 577 g/mol. The van der Waals surface area contributed by atoms with Crippen LogP contribution < -0.4 is 26.6 Å². The van der Waals surface area contributed by atoms with Crippen molar-refractivity contribution in [1.82, 2.24) is 31.5 Å². The summed E-state index contributed by atoms with van der Waals surface area (Å²) < 4.78 is 39.2. The van der Waals surface area contributed by atoms with Crippen molar-refractivity contribution < 1.29 is 47.0 Å². The number of nitrogens with one attached hydrogen (secondary N) is 5. The number of carbonyl (C=O) groups excluding carboxylic acids is 5. The van der Waals surface area contributed by atoms with Gasteiger partial charge in [-0.3, -0.25) is 24.0 Å². The monoisotopic (exact) mass is 620 g/mol. The third kappa shape index (κ3) is 11.6. The molecule has 43 heavy (non-hydrogen) atoms. The molecule has 0 radical (unpaired) electrons. The van der Waals surface area contributed by atoms with Gasteiger partial charge in [-0.05, 0) is 65.0 Å². The fraction of sp³-hybridized carbons (Fsp3) is 0.778. The van der Waals surface area contributed by atoms with E-state index in [-0.39, 0.29) is 63.2 Å². The van der Waals surface area contributed by atoms with Crippen LogP contribution in [0.15, 0.2) is 0 Å². The molecule has 2 fully saturated rings. The van der Waals surface area contributed by atoms with Gasteiger partial charge in [0.2, 0.25) is 23.5 Å². The van der Waals surface area contributed by atoms with Crippen LogP contribution in [-0.2, 0) is 24.0 Å². The molecule has 4 atom stereocenters. The van der Waals surface area contributed by atoms with E-state index in [1.807, 2.05) is 0 Å². The maximum atomic E-state index is 13.4. The number of piperidine rings is 1. The largest absolute Gasteiger partial charge is 0.465 e. The Hall–Kier alpha value is -3.43. The number of likely N-dealkylation sites (tertiary alicyclic amines) is 1. The van der Waals surface area contributed by atoms with Crippen molar-refractivity contribution in [2.75, 3.05) is 26.2 Å². The van der Waals surface area contributed by atoms with E-state index in [9.17, 15) is 47.0 Å². The molecule has 2 rings (SSSR count). The van der Waals surface area contributed by atoms with Crippen molar-refractivity contribution in [2.45, 2.75) is 90.1 Å². The minimum Gasteiger partial charge on any atom is -0.465 e. The van der Waals surface area contributed by atoms with E-state index >= 15 is 0 Å². The Morgan fingerprint density at radius 3 is 1.98 bits per heavy atom. The van der Waals surface area contributed by atoms with Crippen LogP contribution in [0.4, 0.5) is 18.0 Å². The number of alkyl halides is 3. The van der Waals surface area contributed by atoms with Crippen LogP contribution in [0, 0.1) is 17.8 Å². The lowest BCUT2D eigenvalue weighted by Gasteiger charge is -2.34. The number of hydrogen-bond donors (Lipinski definition) is 6. The number of Topliss-reactive ketones (excluding diaryl/α,β-unsaturated/α-hetero) is 1. The van der Waals surface area contributed by atoms with E-state index in [1.54, 1.807) is 32.6 Å². The van der Waals surface area contributed by atoms with Crippen molar-refractivity contribution >= 4 is 35.5 Å². The normalized spacial score (nSPS) is 20.2. The first-order valence-electron chi connectivity index (χ1n) is 14.5. The summed E-state index contributed by atoms with van der Waals surface area (Å²) in [4.78, 5) is 77.4. The van der Waals surface area contributed by atoms with Gasteiger partial charge in [-0.2, -0.15) is 13.2 Å². The summed E-state index contributed by atoms with van der Waals surface area (Å²) in [7, 11) is 0. The number of hydrogen-bond acceptors (Lipinski definition) is 7. The number of ketones is 1. The summed E-state index contributed by atoms with van der Waals surface area (Å²) in [5.74, 6) is -6.14. The summed E-state index contributed by atoms with van der Waals surface area (Å²) in [5.41, 5.74) is 0. The highest BCUT2D eigenvalue weighted by Crippen LogP contribution is 2.34. The Labute approximate surface area is 248 Å². The molecule has 0 bridgehead atoms. The molecular formula is C27H43F3N6O7. The van der Waals surface area contributed by atoms with Gasteiger partial charge >= 0.3 is 12.3 Å². The highest BCUT2D eigenvalue weighted by atomic mass is 19.4. The van der Waals surface area contributed by atoms with E-state index in [4.69, 9.17) is 0 Å². The molecule has 0 aromatic heterocycles. The Kier molecular flexibility index (Phi) is 13.2. The van der Waals surface area contributed by atoms with E-state index < -0.39 is 65.7 Å². The zero-order valence-corrected chi connectivity index (χ0v) is 24.9. The van der Waals surface area contributed by atoms with Crippen LogP contribution in [0.25, 0.3) is 0 Å². The maximum Gasteiger partial charge on any atom is 0.405 e.